The Morgan fingerprint density at radius 2 is 2.35 bits per heavy atom. The Kier molecular flexibility index (Phi) is 2.60. The van der Waals surface area contributed by atoms with Crippen molar-refractivity contribution in [3.8, 4) is 0 Å². The fourth-order valence-electron chi connectivity index (χ4n) is 2.13. The first kappa shape index (κ1) is 11.0. The molecule has 0 aliphatic carbocycles. The SMILES string of the molecule is Cc1nc2ccc(N3CC(S)CC3=O)cc2s1. The van der Waals surface area contributed by atoms with Gasteiger partial charge in [0.2, 0.25) is 5.91 Å². The van der Waals surface area contributed by atoms with E-state index in [0.717, 1.165) is 20.9 Å². The molecular formula is C12H12N2OS2. The maximum absolute atomic E-state index is 11.8. The fraction of sp³-hybridized carbons (Fsp3) is 0.333. The molecule has 1 aromatic heterocycles. The number of carbonyl (C=O) groups is 1. The highest BCUT2D eigenvalue weighted by atomic mass is 32.1. The Morgan fingerprint density at radius 3 is 3.06 bits per heavy atom. The molecule has 1 aliphatic heterocycles. The van der Waals surface area contributed by atoms with Gasteiger partial charge in [0.1, 0.15) is 0 Å². The Bertz CT molecular complexity index is 593. The summed E-state index contributed by atoms with van der Waals surface area (Å²) in [6.45, 7) is 2.69. The molecule has 17 heavy (non-hydrogen) atoms. The second kappa shape index (κ2) is 3.99. The van der Waals surface area contributed by atoms with E-state index < -0.39 is 0 Å². The van der Waals surface area contributed by atoms with E-state index in [4.69, 9.17) is 0 Å². The van der Waals surface area contributed by atoms with Gasteiger partial charge in [-0.2, -0.15) is 12.6 Å². The standard InChI is InChI=1S/C12H12N2OS2/c1-7-13-10-3-2-8(4-11(10)17-7)14-6-9(16)5-12(14)15/h2-4,9,16H,5-6H2,1H3. The van der Waals surface area contributed by atoms with Crippen LogP contribution < -0.4 is 4.90 Å². The number of thiazole rings is 1. The van der Waals surface area contributed by atoms with E-state index in [1.54, 1.807) is 11.3 Å². The van der Waals surface area contributed by atoms with E-state index in [1.807, 2.05) is 30.0 Å². The number of anilines is 1. The number of nitrogens with zero attached hydrogens (tertiary/aromatic N) is 2. The van der Waals surface area contributed by atoms with Gasteiger partial charge in [-0.1, -0.05) is 0 Å². The lowest BCUT2D eigenvalue weighted by molar-refractivity contribution is -0.117. The molecule has 1 unspecified atom stereocenters. The summed E-state index contributed by atoms with van der Waals surface area (Å²) < 4.78 is 1.13. The third kappa shape index (κ3) is 1.93. The Morgan fingerprint density at radius 1 is 1.53 bits per heavy atom. The van der Waals surface area contributed by atoms with Crippen LogP contribution in [0.2, 0.25) is 0 Å². The second-order valence-electron chi connectivity index (χ2n) is 4.25. The molecule has 3 rings (SSSR count). The monoisotopic (exact) mass is 264 g/mol. The summed E-state index contributed by atoms with van der Waals surface area (Å²) in [6, 6.07) is 5.99. The Hall–Kier alpha value is -1.07. The molecule has 0 radical (unpaired) electrons. The van der Waals surface area contributed by atoms with Gasteiger partial charge in [0.05, 0.1) is 15.2 Å². The molecule has 1 saturated heterocycles. The van der Waals surface area contributed by atoms with Crippen molar-refractivity contribution < 1.29 is 4.79 Å². The minimum Gasteiger partial charge on any atom is -0.311 e. The fourth-order valence-corrected chi connectivity index (χ4v) is 3.31. The van der Waals surface area contributed by atoms with Gasteiger partial charge >= 0.3 is 0 Å². The number of thiol groups is 1. The molecule has 1 fully saturated rings. The minimum atomic E-state index is 0.154. The first-order valence-corrected chi connectivity index (χ1v) is 6.82. The predicted octanol–water partition coefficient (Wildman–Crippen LogP) is 2.64. The van der Waals surface area contributed by atoms with Crippen molar-refractivity contribution in [2.24, 2.45) is 0 Å². The lowest BCUT2D eigenvalue weighted by Crippen LogP contribution is -2.24. The van der Waals surface area contributed by atoms with Crippen molar-refractivity contribution in [2.75, 3.05) is 11.4 Å². The van der Waals surface area contributed by atoms with Crippen LogP contribution >= 0.6 is 24.0 Å². The van der Waals surface area contributed by atoms with Gasteiger partial charge in [-0.25, -0.2) is 4.98 Å². The van der Waals surface area contributed by atoms with Gasteiger partial charge in [0.15, 0.2) is 0 Å². The van der Waals surface area contributed by atoms with E-state index in [-0.39, 0.29) is 11.2 Å². The summed E-state index contributed by atoms with van der Waals surface area (Å²) in [6.07, 6.45) is 0.531. The van der Waals surface area contributed by atoms with Crippen molar-refractivity contribution in [1.29, 1.82) is 0 Å². The summed E-state index contributed by atoms with van der Waals surface area (Å²) in [7, 11) is 0. The molecule has 1 aromatic carbocycles. The highest BCUT2D eigenvalue weighted by Gasteiger charge is 2.28. The molecule has 1 amide bonds. The smallest absolute Gasteiger partial charge is 0.228 e. The summed E-state index contributed by atoms with van der Waals surface area (Å²) in [5.41, 5.74) is 1.97. The van der Waals surface area contributed by atoms with Gasteiger partial charge in [-0.3, -0.25) is 4.79 Å². The van der Waals surface area contributed by atoms with Crippen LogP contribution in [-0.4, -0.2) is 22.7 Å². The van der Waals surface area contributed by atoms with E-state index in [1.165, 1.54) is 0 Å². The summed E-state index contributed by atoms with van der Waals surface area (Å²) >= 11 is 6.03. The van der Waals surface area contributed by atoms with E-state index in [9.17, 15) is 4.79 Å². The normalized spacial score (nSPS) is 20.5. The average molecular weight is 264 g/mol. The largest absolute Gasteiger partial charge is 0.311 e. The van der Waals surface area contributed by atoms with E-state index >= 15 is 0 Å². The predicted molar refractivity (Wildman–Crippen MR) is 74.1 cm³/mol. The molecule has 1 atom stereocenters. The van der Waals surface area contributed by atoms with Gasteiger partial charge in [-0.15, -0.1) is 11.3 Å². The van der Waals surface area contributed by atoms with Crippen molar-refractivity contribution in [3.05, 3.63) is 23.2 Å². The number of amides is 1. The third-order valence-corrected chi connectivity index (χ3v) is 4.17. The molecule has 5 heteroatoms. The maximum Gasteiger partial charge on any atom is 0.228 e. The van der Waals surface area contributed by atoms with E-state index in [2.05, 4.69) is 17.6 Å². The number of carbonyl (C=O) groups excluding carboxylic acids is 1. The van der Waals surface area contributed by atoms with Crippen LogP contribution in [0.3, 0.4) is 0 Å². The lowest BCUT2D eigenvalue weighted by atomic mass is 10.3. The molecule has 0 saturated carbocycles. The summed E-state index contributed by atoms with van der Waals surface area (Å²) in [4.78, 5) is 18.0. The number of hydrogen-bond donors (Lipinski definition) is 1. The topological polar surface area (TPSA) is 33.2 Å². The Labute approximate surface area is 109 Å². The van der Waals surface area contributed by atoms with Gasteiger partial charge in [-0.05, 0) is 25.1 Å². The molecule has 2 aromatic rings. The molecule has 88 valence electrons. The number of aromatic nitrogens is 1. The number of hydrogen-bond acceptors (Lipinski definition) is 4. The third-order valence-electron chi connectivity index (χ3n) is 2.90. The number of benzene rings is 1. The molecule has 1 aliphatic rings. The van der Waals surface area contributed by atoms with Crippen LogP contribution in [-0.2, 0) is 4.79 Å². The van der Waals surface area contributed by atoms with Crippen LogP contribution in [0.25, 0.3) is 10.2 Å². The van der Waals surface area contributed by atoms with E-state index in [0.29, 0.717) is 13.0 Å². The highest BCUT2D eigenvalue weighted by Crippen LogP contribution is 2.29. The van der Waals surface area contributed by atoms with Crippen LogP contribution in [0.4, 0.5) is 5.69 Å². The van der Waals surface area contributed by atoms with Gasteiger partial charge in [0.25, 0.3) is 0 Å². The van der Waals surface area contributed by atoms with Crippen molar-refractivity contribution in [1.82, 2.24) is 4.98 Å². The zero-order valence-electron chi connectivity index (χ0n) is 9.38. The van der Waals surface area contributed by atoms with Crippen LogP contribution in [0, 0.1) is 6.92 Å². The molecule has 3 nitrogen and oxygen atoms in total. The van der Waals surface area contributed by atoms with Crippen molar-refractivity contribution >= 4 is 45.8 Å². The molecule has 2 heterocycles. The zero-order valence-corrected chi connectivity index (χ0v) is 11.1. The lowest BCUT2D eigenvalue weighted by Gasteiger charge is -2.15. The summed E-state index contributed by atoms with van der Waals surface area (Å²) in [5.74, 6) is 0.158. The maximum atomic E-state index is 11.8. The van der Waals surface area contributed by atoms with Crippen molar-refractivity contribution in [2.45, 2.75) is 18.6 Å². The van der Waals surface area contributed by atoms with Gasteiger partial charge in [0, 0.05) is 23.9 Å². The first-order chi connectivity index (χ1) is 8.13. The van der Waals surface area contributed by atoms with Crippen molar-refractivity contribution in [3.63, 3.8) is 0 Å². The Balaban J connectivity index is 2.03. The number of fused-ring (bicyclic) bond motifs is 1. The molecule has 0 bridgehead atoms. The van der Waals surface area contributed by atoms with Crippen LogP contribution in [0.5, 0.6) is 0 Å². The highest BCUT2D eigenvalue weighted by molar-refractivity contribution is 7.81. The zero-order chi connectivity index (χ0) is 12.0. The molecular weight excluding hydrogens is 252 g/mol. The molecule has 0 spiro atoms. The first-order valence-electron chi connectivity index (χ1n) is 5.49. The quantitative estimate of drug-likeness (QED) is 0.803. The minimum absolute atomic E-state index is 0.154. The number of aryl methyl sites for hydroxylation is 1. The van der Waals surface area contributed by atoms with Crippen LogP contribution in [0.1, 0.15) is 11.4 Å². The van der Waals surface area contributed by atoms with Crippen LogP contribution in [0.15, 0.2) is 18.2 Å². The number of rotatable bonds is 1. The summed E-state index contributed by atoms with van der Waals surface area (Å²) in [5, 5.41) is 1.21. The molecule has 0 N–H and O–H groups in total. The second-order valence-corrected chi connectivity index (χ2v) is 6.21. The average Bonchev–Trinajstić information content (AvgIpc) is 2.78. The van der Waals surface area contributed by atoms with Gasteiger partial charge < -0.3 is 4.90 Å².